The summed E-state index contributed by atoms with van der Waals surface area (Å²) < 4.78 is 0. The van der Waals surface area contributed by atoms with Gasteiger partial charge < -0.3 is 0 Å². The highest BCUT2D eigenvalue weighted by molar-refractivity contribution is 5.93. The van der Waals surface area contributed by atoms with Crippen LogP contribution in [0.15, 0.2) is 18.2 Å². The summed E-state index contributed by atoms with van der Waals surface area (Å²) in [6.45, 7) is 2.15. The van der Waals surface area contributed by atoms with Gasteiger partial charge in [-0.25, -0.2) is 0 Å². The minimum atomic E-state index is -0.0566. The van der Waals surface area contributed by atoms with Crippen molar-refractivity contribution in [1.82, 2.24) is 0 Å². The number of ketones is 1. The molecule has 0 N–H and O–H groups in total. The maximum absolute atomic E-state index is 12.1. The molecule has 1 saturated carbocycles. The summed E-state index contributed by atoms with van der Waals surface area (Å²) in [5.41, 5.74) is 4.07. The van der Waals surface area contributed by atoms with E-state index in [1.165, 1.54) is 23.1 Å². The molecule has 0 radical (unpaired) electrons. The van der Waals surface area contributed by atoms with Crippen molar-refractivity contribution in [3.63, 3.8) is 0 Å². The van der Waals surface area contributed by atoms with E-state index in [4.69, 9.17) is 0 Å². The zero-order valence-corrected chi connectivity index (χ0v) is 9.18. The molecule has 1 aromatic carbocycles. The van der Waals surface area contributed by atoms with Gasteiger partial charge in [-0.15, -0.1) is 0 Å². The number of hydrogen-bond acceptors (Lipinski definition) is 1. The zero-order chi connectivity index (χ0) is 10.5. The van der Waals surface area contributed by atoms with Crippen LogP contribution >= 0.6 is 0 Å². The third-order valence-electron chi connectivity index (χ3n) is 4.20. The first kappa shape index (κ1) is 9.14. The fourth-order valence-corrected chi connectivity index (χ4v) is 3.31. The van der Waals surface area contributed by atoms with E-state index in [1.807, 2.05) is 0 Å². The topological polar surface area (TPSA) is 17.1 Å². The molecule has 0 amide bonds. The van der Waals surface area contributed by atoms with E-state index >= 15 is 0 Å². The lowest BCUT2D eigenvalue weighted by Crippen LogP contribution is -2.46. The van der Waals surface area contributed by atoms with Crippen molar-refractivity contribution in [2.45, 2.75) is 44.4 Å². The molecule has 15 heavy (non-hydrogen) atoms. The Morgan fingerprint density at radius 1 is 1.20 bits per heavy atom. The molecule has 0 bridgehead atoms. The maximum Gasteiger partial charge on any atom is 0.143 e. The zero-order valence-electron chi connectivity index (χ0n) is 9.18. The number of fused-ring (bicyclic) bond motifs is 2. The van der Waals surface area contributed by atoms with Gasteiger partial charge >= 0.3 is 0 Å². The average Bonchev–Trinajstić information content (AvgIpc) is 2.16. The van der Waals surface area contributed by atoms with Gasteiger partial charge in [0.15, 0.2) is 0 Å². The molecule has 1 aromatic rings. The average molecular weight is 200 g/mol. The molecule has 1 heteroatoms. The summed E-state index contributed by atoms with van der Waals surface area (Å²) in [4.78, 5) is 12.1. The summed E-state index contributed by atoms with van der Waals surface area (Å²) >= 11 is 0. The van der Waals surface area contributed by atoms with Crippen LogP contribution in [0.25, 0.3) is 0 Å². The standard InChI is InChI=1S/C14H16O/c1-10-4-2-5-11-6-7-12(15)14(13(10)11)8-3-9-14/h2,4-5H,3,6-9H2,1H3. The lowest BCUT2D eigenvalue weighted by atomic mass is 9.57. The SMILES string of the molecule is Cc1cccc2c1C1(CCC1)C(=O)CC2. The molecule has 0 atom stereocenters. The van der Waals surface area contributed by atoms with E-state index in [2.05, 4.69) is 25.1 Å². The van der Waals surface area contributed by atoms with Gasteiger partial charge in [0, 0.05) is 6.42 Å². The largest absolute Gasteiger partial charge is 0.299 e. The normalized spacial score (nSPS) is 22.3. The summed E-state index contributed by atoms with van der Waals surface area (Å²) in [6, 6.07) is 6.47. The van der Waals surface area contributed by atoms with Crippen LogP contribution in [0.5, 0.6) is 0 Å². The van der Waals surface area contributed by atoms with Gasteiger partial charge in [0.2, 0.25) is 0 Å². The second-order valence-electron chi connectivity index (χ2n) is 4.97. The summed E-state index contributed by atoms with van der Waals surface area (Å²) in [5, 5.41) is 0. The Morgan fingerprint density at radius 3 is 2.67 bits per heavy atom. The number of benzene rings is 1. The highest BCUT2D eigenvalue weighted by Gasteiger charge is 2.48. The van der Waals surface area contributed by atoms with E-state index in [0.29, 0.717) is 5.78 Å². The Balaban J connectivity index is 2.23. The fraction of sp³-hybridized carbons (Fsp3) is 0.500. The van der Waals surface area contributed by atoms with Crippen LogP contribution in [0.2, 0.25) is 0 Å². The smallest absolute Gasteiger partial charge is 0.143 e. The summed E-state index contributed by atoms with van der Waals surface area (Å²) in [7, 11) is 0. The minimum Gasteiger partial charge on any atom is -0.299 e. The molecular weight excluding hydrogens is 184 g/mol. The van der Waals surface area contributed by atoms with E-state index < -0.39 is 0 Å². The van der Waals surface area contributed by atoms with Gasteiger partial charge in [0.05, 0.1) is 5.41 Å². The lowest BCUT2D eigenvalue weighted by Gasteiger charge is -2.45. The Labute approximate surface area is 90.5 Å². The van der Waals surface area contributed by atoms with E-state index in [1.54, 1.807) is 0 Å². The third-order valence-corrected chi connectivity index (χ3v) is 4.20. The second kappa shape index (κ2) is 2.94. The van der Waals surface area contributed by atoms with Crippen molar-refractivity contribution in [3.8, 4) is 0 Å². The molecule has 0 heterocycles. The van der Waals surface area contributed by atoms with Gasteiger partial charge in [-0.2, -0.15) is 0 Å². The summed E-state index contributed by atoms with van der Waals surface area (Å²) in [6.07, 6.45) is 5.11. The number of carbonyl (C=O) groups is 1. The first-order valence-electron chi connectivity index (χ1n) is 5.86. The molecule has 1 fully saturated rings. The molecular formula is C14H16O. The molecule has 2 aliphatic rings. The first-order chi connectivity index (χ1) is 7.24. The Hall–Kier alpha value is -1.11. The van der Waals surface area contributed by atoms with Gasteiger partial charge in [-0.1, -0.05) is 24.6 Å². The van der Waals surface area contributed by atoms with Crippen LogP contribution in [0, 0.1) is 6.92 Å². The van der Waals surface area contributed by atoms with Crippen molar-refractivity contribution in [1.29, 1.82) is 0 Å². The van der Waals surface area contributed by atoms with Crippen LogP contribution in [0.4, 0.5) is 0 Å². The van der Waals surface area contributed by atoms with Gasteiger partial charge in [0.1, 0.15) is 5.78 Å². The summed E-state index contributed by atoms with van der Waals surface area (Å²) in [5.74, 6) is 0.496. The number of rotatable bonds is 0. The molecule has 0 saturated heterocycles. The van der Waals surface area contributed by atoms with Crippen LogP contribution in [-0.2, 0) is 16.6 Å². The monoisotopic (exact) mass is 200 g/mol. The lowest BCUT2D eigenvalue weighted by molar-refractivity contribution is -0.128. The molecule has 0 aliphatic heterocycles. The number of aryl methyl sites for hydroxylation is 2. The molecule has 3 rings (SSSR count). The first-order valence-corrected chi connectivity index (χ1v) is 5.86. The number of carbonyl (C=O) groups excluding carboxylic acids is 1. The van der Waals surface area contributed by atoms with Gasteiger partial charge in [0.25, 0.3) is 0 Å². The fourth-order valence-electron chi connectivity index (χ4n) is 3.31. The molecule has 1 nitrogen and oxygen atoms in total. The van der Waals surface area contributed by atoms with Crippen molar-refractivity contribution >= 4 is 5.78 Å². The highest BCUT2D eigenvalue weighted by atomic mass is 16.1. The predicted molar refractivity (Wildman–Crippen MR) is 60.0 cm³/mol. The Bertz CT molecular complexity index is 427. The molecule has 2 aliphatic carbocycles. The maximum atomic E-state index is 12.1. The minimum absolute atomic E-state index is 0.0566. The molecule has 78 valence electrons. The van der Waals surface area contributed by atoms with E-state index in [-0.39, 0.29) is 5.41 Å². The van der Waals surface area contributed by atoms with Crippen molar-refractivity contribution in [3.05, 3.63) is 34.9 Å². The van der Waals surface area contributed by atoms with Crippen LogP contribution < -0.4 is 0 Å². The third kappa shape index (κ3) is 1.06. The van der Waals surface area contributed by atoms with Gasteiger partial charge in [-0.05, 0) is 42.9 Å². The van der Waals surface area contributed by atoms with Crippen LogP contribution in [0.3, 0.4) is 0 Å². The van der Waals surface area contributed by atoms with Crippen molar-refractivity contribution in [2.24, 2.45) is 0 Å². The molecule has 1 spiro atoms. The number of Topliss-reactive ketones (excluding diaryl/α,β-unsaturated/α-hetero) is 1. The quantitative estimate of drug-likeness (QED) is 0.629. The van der Waals surface area contributed by atoms with Crippen LogP contribution in [0.1, 0.15) is 42.4 Å². The van der Waals surface area contributed by atoms with Crippen LogP contribution in [-0.4, -0.2) is 5.78 Å². The number of hydrogen-bond donors (Lipinski definition) is 0. The van der Waals surface area contributed by atoms with Crippen molar-refractivity contribution in [2.75, 3.05) is 0 Å². The Kier molecular flexibility index (Phi) is 1.79. The molecule has 0 unspecified atom stereocenters. The predicted octanol–water partition coefficient (Wildman–Crippen LogP) is 2.93. The van der Waals surface area contributed by atoms with E-state index in [9.17, 15) is 4.79 Å². The van der Waals surface area contributed by atoms with Gasteiger partial charge in [-0.3, -0.25) is 4.79 Å². The second-order valence-corrected chi connectivity index (χ2v) is 4.97. The molecule has 0 aromatic heterocycles. The van der Waals surface area contributed by atoms with E-state index in [0.717, 1.165) is 25.7 Å². The Morgan fingerprint density at radius 2 is 2.00 bits per heavy atom. The highest BCUT2D eigenvalue weighted by Crippen LogP contribution is 2.50. The van der Waals surface area contributed by atoms with Crippen molar-refractivity contribution < 1.29 is 4.79 Å².